The lowest BCUT2D eigenvalue weighted by molar-refractivity contribution is -0.384. The van der Waals surface area contributed by atoms with Crippen molar-refractivity contribution < 1.29 is 14.8 Å². The highest BCUT2D eigenvalue weighted by Crippen LogP contribution is 2.26. The standard InChI is InChI=1S/C16H19N3O4S/c1-16(21,14-5-4-8-24-14)10-17-15(20)12-9-11(19(22)23)6-7-13(12)18(2)3/h4-9,21H,10H2,1-3H3,(H,17,20). The Morgan fingerprint density at radius 3 is 2.67 bits per heavy atom. The molecule has 1 amide bonds. The lowest BCUT2D eigenvalue weighted by Gasteiger charge is -2.23. The Kier molecular flexibility index (Phi) is 5.20. The van der Waals surface area contributed by atoms with Crippen LogP contribution < -0.4 is 10.2 Å². The number of nitro benzene ring substituents is 1. The molecule has 0 fully saturated rings. The summed E-state index contributed by atoms with van der Waals surface area (Å²) in [7, 11) is 3.50. The maximum absolute atomic E-state index is 12.5. The number of benzene rings is 1. The number of hydrogen-bond donors (Lipinski definition) is 2. The van der Waals surface area contributed by atoms with Crippen LogP contribution in [0.1, 0.15) is 22.2 Å². The fraction of sp³-hybridized carbons (Fsp3) is 0.312. The first-order valence-corrected chi connectivity index (χ1v) is 8.10. The fourth-order valence-corrected chi connectivity index (χ4v) is 3.02. The van der Waals surface area contributed by atoms with Gasteiger partial charge in [-0.25, -0.2) is 0 Å². The van der Waals surface area contributed by atoms with Crippen LogP contribution in [0.15, 0.2) is 35.7 Å². The normalized spacial score (nSPS) is 13.2. The molecule has 128 valence electrons. The van der Waals surface area contributed by atoms with E-state index in [0.717, 1.165) is 4.88 Å². The quantitative estimate of drug-likeness (QED) is 0.616. The highest BCUT2D eigenvalue weighted by molar-refractivity contribution is 7.10. The van der Waals surface area contributed by atoms with Gasteiger partial charge in [0, 0.05) is 36.8 Å². The molecule has 0 aliphatic rings. The first kappa shape index (κ1) is 17.9. The summed E-state index contributed by atoms with van der Waals surface area (Å²) in [5.74, 6) is -0.473. The maximum Gasteiger partial charge on any atom is 0.270 e. The molecule has 0 bridgehead atoms. The number of thiophene rings is 1. The Morgan fingerprint density at radius 1 is 1.42 bits per heavy atom. The molecule has 1 unspecified atom stereocenters. The van der Waals surface area contributed by atoms with Gasteiger partial charge < -0.3 is 15.3 Å². The Bertz CT molecular complexity index is 742. The summed E-state index contributed by atoms with van der Waals surface area (Å²) in [6, 6.07) is 7.74. The van der Waals surface area contributed by atoms with Crippen LogP contribution in [0.5, 0.6) is 0 Å². The number of carbonyl (C=O) groups is 1. The average molecular weight is 349 g/mol. The molecular weight excluding hydrogens is 330 g/mol. The molecule has 7 nitrogen and oxygen atoms in total. The third-order valence-corrected chi connectivity index (χ3v) is 4.69. The van der Waals surface area contributed by atoms with Gasteiger partial charge in [-0.2, -0.15) is 0 Å². The van der Waals surface area contributed by atoms with Crippen molar-refractivity contribution in [2.75, 3.05) is 25.5 Å². The van der Waals surface area contributed by atoms with E-state index in [-0.39, 0.29) is 17.8 Å². The molecule has 1 atom stereocenters. The number of non-ortho nitro benzene ring substituents is 1. The minimum absolute atomic E-state index is 0.00189. The summed E-state index contributed by atoms with van der Waals surface area (Å²) in [5.41, 5.74) is -0.608. The van der Waals surface area contributed by atoms with E-state index < -0.39 is 16.4 Å². The number of hydrogen-bond acceptors (Lipinski definition) is 6. The van der Waals surface area contributed by atoms with Crippen LogP contribution in [0.25, 0.3) is 0 Å². The minimum Gasteiger partial charge on any atom is -0.383 e. The van der Waals surface area contributed by atoms with E-state index in [9.17, 15) is 20.0 Å². The predicted molar refractivity (Wildman–Crippen MR) is 93.6 cm³/mol. The van der Waals surface area contributed by atoms with Gasteiger partial charge in [-0.15, -0.1) is 11.3 Å². The van der Waals surface area contributed by atoms with Gasteiger partial charge in [0.15, 0.2) is 0 Å². The predicted octanol–water partition coefficient (Wildman–Crippen LogP) is 2.36. The van der Waals surface area contributed by atoms with Gasteiger partial charge in [-0.05, 0) is 24.4 Å². The number of rotatable bonds is 6. The summed E-state index contributed by atoms with van der Waals surface area (Å²) >= 11 is 1.39. The van der Waals surface area contributed by atoms with Crippen molar-refractivity contribution in [2.45, 2.75) is 12.5 Å². The van der Waals surface area contributed by atoms with Crippen LogP contribution in [0, 0.1) is 10.1 Å². The second kappa shape index (κ2) is 6.98. The van der Waals surface area contributed by atoms with Crippen LogP contribution in [0.4, 0.5) is 11.4 Å². The van der Waals surface area contributed by atoms with Crippen molar-refractivity contribution >= 4 is 28.6 Å². The third kappa shape index (κ3) is 3.90. The van der Waals surface area contributed by atoms with Crippen molar-refractivity contribution in [1.29, 1.82) is 0 Å². The maximum atomic E-state index is 12.5. The number of nitrogens with one attached hydrogen (secondary N) is 1. The van der Waals surface area contributed by atoms with Crippen molar-refractivity contribution in [3.05, 3.63) is 56.3 Å². The van der Waals surface area contributed by atoms with E-state index in [1.54, 1.807) is 32.0 Å². The monoisotopic (exact) mass is 349 g/mol. The van der Waals surface area contributed by atoms with Crippen molar-refractivity contribution in [3.8, 4) is 0 Å². The van der Waals surface area contributed by atoms with E-state index >= 15 is 0 Å². The Balaban J connectivity index is 2.22. The second-order valence-corrected chi connectivity index (χ2v) is 6.73. The lowest BCUT2D eigenvalue weighted by atomic mass is 10.0. The molecule has 2 aromatic rings. The van der Waals surface area contributed by atoms with Crippen LogP contribution in [-0.2, 0) is 5.60 Å². The highest BCUT2D eigenvalue weighted by atomic mass is 32.1. The molecule has 0 saturated heterocycles. The molecule has 0 spiro atoms. The number of aliphatic hydroxyl groups is 1. The fourth-order valence-electron chi connectivity index (χ4n) is 2.23. The Morgan fingerprint density at radius 2 is 2.12 bits per heavy atom. The molecule has 1 aromatic heterocycles. The van der Waals surface area contributed by atoms with Crippen molar-refractivity contribution in [1.82, 2.24) is 5.32 Å². The van der Waals surface area contributed by atoms with Crippen molar-refractivity contribution in [3.63, 3.8) is 0 Å². The van der Waals surface area contributed by atoms with Crippen LogP contribution >= 0.6 is 11.3 Å². The smallest absolute Gasteiger partial charge is 0.270 e. The largest absolute Gasteiger partial charge is 0.383 e. The van der Waals surface area contributed by atoms with Gasteiger partial charge in [-0.3, -0.25) is 14.9 Å². The summed E-state index contributed by atoms with van der Waals surface area (Å²) in [4.78, 5) is 25.3. The van der Waals surface area contributed by atoms with Gasteiger partial charge in [0.25, 0.3) is 11.6 Å². The number of anilines is 1. The molecule has 0 aliphatic heterocycles. The van der Waals surface area contributed by atoms with Gasteiger partial charge >= 0.3 is 0 Å². The minimum atomic E-state index is -1.21. The van der Waals surface area contributed by atoms with Gasteiger partial charge in [0.1, 0.15) is 5.60 Å². The summed E-state index contributed by atoms with van der Waals surface area (Å²) in [6.07, 6.45) is 0. The van der Waals surface area contributed by atoms with Crippen LogP contribution in [-0.4, -0.2) is 36.6 Å². The van der Waals surface area contributed by atoms with E-state index in [1.165, 1.54) is 29.5 Å². The van der Waals surface area contributed by atoms with E-state index in [2.05, 4.69) is 5.32 Å². The highest BCUT2D eigenvalue weighted by Gasteiger charge is 2.26. The molecule has 0 radical (unpaired) electrons. The van der Waals surface area contributed by atoms with E-state index in [1.807, 2.05) is 11.4 Å². The van der Waals surface area contributed by atoms with Gasteiger partial charge in [-0.1, -0.05) is 6.07 Å². The molecule has 2 rings (SSSR count). The number of nitro groups is 1. The number of amides is 1. The molecule has 0 aliphatic carbocycles. The molecule has 24 heavy (non-hydrogen) atoms. The van der Waals surface area contributed by atoms with Crippen LogP contribution in [0.2, 0.25) is 0 Å². The lowest BCUT2D eigenvalue weighted by Crippen LogP contribution is -2.38. The molecule has 0 saturated carbocycles. The summed E-state index contributed by atoms with van der Waals surface area (Å²) in [6.45, 7) is 1.61. The van der Waals surface area contributed by atoms with Gasteiger partial charge in [0.05, 0.1) is 17.0 Å². The topological polar surface area (TPSA) is 95.7 Å². The molecule has 8 heteroatoms. The SMILES string of the molecule is CN(C)c1ccc([N+](=O)[O-])cc1C(=O)NCC(C)(O)c1cccs1. The molecular formula is C16H19N3O4S. The summed E-state index contributed by atoms with van der Waals surface area (Å²) in [5, 5.41) is 25.9. The first-order valence-electron chi connectivity index (χ1n) is 7.22. The molecule has 2 N–H and O–H groups in total. The second-order valence-electron chi connectivity index (χ2n) is 5.79. The van der Waals surface area contributed by atoms with E-state index in [0.29, 0.717) is 5.69 Å². The van der Waals surface area contributed by atoms with Crippen LogP contribution in [0.3, 0.4) is 0 Å². The number of carbonyl (C=O) groups excluding carboxylic acids is 1. The van der Waals surface area contributed by atoms with E-state index in [4.69, 9.17) is 0 Å². The summed E-state index contributed by atoms with van der Waals surface area (Å²) < 4.78 is 0. The first-order chi connectivity index (χ1) is 11.2. The number of nitrogens with zero attached hydrogens (tertiary/aromatic N) is 2. The zero-order chi connectivity index (χ0) is 17.9. The third-order valence-electron chi connectivity index (χ3n) is 3.56. The Hall–Kier alpha value is -2.45. The Labute approximate surface area is 143 Å². The zero-order valence-electron chi connectivity index (χ0n) is 13.6. The van der Waals surface area contributed by atoms with Crippen molar-refractivity contribution in [2.24, 2.45) is 0 Å². The zero-order valence-corrected chi connectivity index (χ0v) is 14.5. The molecule has 1 heterocycles. The average Bonchev–Trinajstić information content (AvgIpc) is 3.07. The molecule has 1 aromatic carbocycles. The van der Waals surface area contributed by atoms with Gasteiger partial charge in [0.2, 0.25) is 0 Å².